The van der Waals surface area contributed by atoms with Crippen molar-refractivity contribution in [1.29, 1.82) is 0 Å². The maximum Gasteiger partial charge on any atom is 0.279 e. The summed E-state index contributed by atoms with van der Waals surface area (Å²) >= 11 is 9.45. The standard InChI is InChI=1S/C17H18BrClN2O/c1-12-6-7-16(15(18)8-12)20-17(22)11-21(2)10-13-4-3-5-14(19)9-13/h3-9H,10-11H2,1-2H3,(H,20,22)/p+1. The molecule has 2 N–H and O–H groups in total. The molecule has 22 heavy (non-hydrogen) atoms. The lowest BCUT2D eigenvalue weighted by atomic mass is 10.2. The number of likely N-dealkylation sites (N-methyl/N-ethyl adjacent to an activating group) is 1. The zero-order chi connectivity index (χ0) is 16.1. The van der Waals surface area contributed by atoms with Gasteiger partial charge in [0, 0.05) is 15.1 Å². The van der Waals surface area contributed by atoms with Crippen LogP contribution in [0, 0.1) is 6.92 Å². The predicted octanol–water partition coefficient (Wildman–Crippen LogP) is 3.06. The summed E-state index contributed by atoms with van der Waals surface area (Å²) in [6.45, 7) is 3.16. The first kappa shape index (κ1) is 17.0. The molecule has 5 heteroatoms. The van der Waals surface area contributed by atoms with Gasteiger partial charge in [0.15, 0.2) is 6.54 Å². The summed E-state index contributed by atoms with van der Waals surface area (Å²) in [6, 6.07) is 13.6. The third kappa shape index (κ3) is 5.13. The average molecular weight is 383 g/mol. The van der Waals surface area contributed by atoms with E-state index in [1.807, 2.05) is 56.4 Å². The number of rotatable bonds is 5. The molecule has 0 saturated heterocycles. The highest BCUT2D eigenvalue weighted by Gasteiger charge is 2.12. The Hall–Kier alpha value is -1.36. The summed E-state index contributed by atoms with van der Waals surface area (Å²) in [5.41, 5.74) is 3.06. The zero-order valence-corrected chi connectivity index (χ0v) is 15.0. The van der Waals surface area contributed by atoms with Crippen LogP contribution in [0.5, 0.6) is 0 Å². The lowest BCUT2D eigenvalue weighted by Gasteiger charge is -2.14. The first-order valence-corrected chi connectivity index (χ1v) is 8.23. The second kappa shape index (κ2) is 7.77. The summed E-state index contributed by atoms with van der Waals surface area (Å²) in [7, 11) is 1.99. The summed E-state index contributed by atoms with van der Waals surface area (Å²) in [6.07, 6.45) is 0. The van der Waals surface area contributed by atoms with Crippen LogP contribution in [0.15, 0.2) is 46.9 Å². The van der Waals surface area contributed by atoms with Crippen molar-refractivity contribution in [3.63, 3.8) is 0 Å². The number of hydrogen-bond acceptors (Lipinski definition) is 1. The molecule has 0 saturated carbocycles. The molecule has 0 aliphatic carbocycles. The van der Waals surface area contributed by atoms with Crippen molar-refractivity contribution in [3.05, 3.63) is 63.1 Å². The predicted molar refractivity (Wildman–Crippen MR) is 94.4 cm³/mol. The van der Waals surface area contributed by atoms with Crippen molar-refractivity contribution >= 4 is 39.1 Å². The number of carbonyl (C=O) groups is 1. The fraction of sp³-hybridized carbons (Fsp3) is 0.235. The molecule has 0 aliphatic rings. The van der Waals surface area contributed by atoms with E-state index < -0.39 is 0 Å². The Morgan fingerprint density at radius 1 is 1.27 bits per heavy atom. The molecule has 2 aromatic carbocycles. The van der Waals surface area contributed by atoms with Gasteiger partial charge in [0.1, 0.15) is 6.54 Å². The number of anilines is 1. The third-order valence-electron chi connectivity index (χ3n) is 3.26. The highest BCUT2D eigenvalue weighted by atomic mass is 79.9. The minimum absolute atomic E-state index is 0.0101. The number of carbonyl (C=O) groups excluding carboxylic acids is 1. The maximum absolute atomic E-state index is 12.1. The molecule has 3 nitrogen and oxygen atoms in total. The molecule has 0 spiro atoms. The average Bonchev–Trinajstić information content (AvgIpc) is 2.41. The second-order valence-electron chi connectivity index (χ2n) is 5.47. The molecule has 116 valence electrons. The summed E-state index contributed by atoms with van der Waals surface area (Å²) < 4.78 is 0.897. The molecule has 1 unspecified atom stereocenters. The van der Waals surface area contributed by atoms with Crippen molar-refractivity contribution in [3.8, 4) is 0 Å². The van der Waals surface area contributed by atoms with Gasteiger partial charge in [-0.25, -0.2) is 0 Å². The minimum atomic E-state index is -0.0101. The number of hydrogen-bond donors (Lipinski definition) is 2. The van der Waals surface area contributed by atoms with Crippen LogP contribution in [-0.4, -0.2) is 19.5 Å². The fourth-order valence-electron chi connectivity index (χ4n) is 2.25. The van der Waals surface area contributed by atoms with E-state index in [0.717, 1.165) is 37.8 Å². The van der Waals surface area contributed by atoms with Gasteiger partial charge in [0.2, 0.25) is 0 Å². The van der Waals surface area contributed by atoms with Crippen molar-refractivity contribution < 1.29 is 9.69 Å². The van der Waals surface area contributed by atoms with Crippen LogP contribution in [-0.2, 0) is 11.3 Å². The van der Waals surface area contributed by atoms with Gasteiger partial charge in [0.25, 0.3) is 5.91 Å². The number of halogens is 2. The van der Waals surface area contributed by atoms with Gasteiger partial charge in [-0.15, -0.1) is 0 Å². The number of quaternary nitrogens is 1. The van der Waals surface area contributed by atoms with Crippen molar-refractivity contribution in [2.24, 2.45) is 0 Å². The van der Waals surface area contributed by atoms with Gasteiger partial charge < -0.3 is 10.2 Å². The molecule has 1 atom stereocenters. The molecular weight excluding hydrogens is 364 g/mol. The molecule has 2 aromatic rings. The quantitative estimate of drug-likeness (QED) is 0.819. The van der Waals surface area contributed by atoms with E-state index in [-0.39, 0.29) is 5.91 Å². The molecule has 0 bridgehead atoms. The lowest BCUT2D eigenvalue weighted by Crippen LogP contribution is -3.08. The topological polar surface area (TPSA) is 33.5 Å². The smallest absolute Gasteiger partial charge is 0.279 e. The zero-order valence-electron chi connectivity index (χ0n) is 12.6. The summed E-state index contributed by atoms with van der Waals surface area (Å²) in [5, 5.41) is 3.65. The van der Waals surface area contributed by atoms with Gasteiger partial charge in [0.05, 0.1) is 12.7 Å². The Kier molecular flexibility index (Phi) is 6.00. The van der Waals surface area contributed by atoms with Gasteiger partial charge >= 0.3 is 0 Å². The monoisotopic (exact) mass is 381 g/mol. The largest absolute Gasteiger partial charge is 0.326 e. The molecule has 0 heterocycles. The van der Waals surface area contributed by atoms with E-state index in [1.165, 1.54) is 0 Å². The Morgan fingerprint density at radius 2 is 2.05 bits per heavy atom. The van der Waals surface area contributed by atoms with E-state index in [1.54, 1.807) is 0 Å². The molecule has 2 rings (SSSR count). The van der Waals surface area contributed by atoms with E-state index in [9.17, 15) is 4.79 Å². The van der Waals surface area contributed by atoms with Gasteiger partial charge in [-0.05, 0) is 52.7 Å². The second-order valence-corrected chi connectivity index (χ2v) is 6.76. The highest BCUT2D eigenvalue weighted by molar-refractivity contribution is 9.10. The number of benzene rings is 2. The third-order valence-corrected chi connectivity index (χ3v) is 4.15. The van der Waals surface area contributed by atoms with Crippen LogP contribution >= 0.6 is 27.5 Å². The fourth-order valence-corrected chi connectivity index (χ4v) is 3.05. The first-order chi connectivity index (χ1) is 10.4. The van der Waals surface area contributed by atoms with Crippen LogP contribution in [0.1, 0.15) is 11.1 Å². The summed E-state index contributed by atoms with van der Waals surface area (Å²) in [5.74, 6) is -0.0101. The Morgan fingerprint density at radius 3 is 2.73 bits per heavy atom. The van der Waals surface area contributed by atoms with Gasteiger partial charge in [-0.3, -0.25) is 4.79 Å². The van der Waals surface area contributed by atoms with E-state index in [4.69, 9.17) is 11.6 Å². The maximum atomic E-state index is 12.1. The van der Waals surface area contributed by atoms with Crippen LogP contribution in [0.3, 0.4) is 0 Å². The van der Waals surface area contributed by atoms with E-state index >= 15 is 0 Å². The Bertz CT molecular complexity index is 675. The SMILES string of the molecule is Cc1ccc(NC(=O)C[NH+](C)Cc2cccc(Cl)c2)c(Br)c1. The Balaban J connectivity index is 1.91. The van der Waals surface area contributed by atoms with Crippen LogP contribution < -0.4 is 10.2 Å². The van der Waals surface area contributed by atoms with Gasteiger partial charge in [-0.1, -0.05) is 29.8 Å². The number of aryl methyl sites for hydroxylation is 1. The highest BCUT2D eigenvalue weighted by Crippen LogP contribution is 2.23. The first-order valence-electron chi connectivity index (χ1n) is 7.06. The molecular formula is C17H19BrClN2O+. The van der Waals surface area contributed by atoms with E-state index in [0.29, 0.717) is 6.54 Å². The molecule has 1 amide bonds. The van der Waals surface area contributed by atoms with Crippen molar-refractivity contribution in [2.45, 2.75) is 13.5 Å². The number of amides is 1. The van der Waals surface area contributed by atoms with Crippen LogP contribution in [0.4, 0.5) is 5.69 Å². The van der Waals surface area contributed by atoms with Crippen LogP contribution in [0.2, 0.25) is 5.02 Å². The number of nitrogens with one attached hydrogen (secondary N) is 2. The van der Waals surface area contributed by atoms with Gasteiger partial charge in [-0.2, -0.15) is 0 Å². The van der Waals surface area contributed by atoms with Crippen molar-refractivity contribution in [1.82, 2.24) is 0 Å². The Labute approximate surface area is 144 Å². The van der Waals surface area contributed by atoms with Crippen LogP contribution in [0.25, 0.3) is 0 Å². The molecule has 0 aromatic heterocycles. The molecule has 0 radical (unpaired) electrons. The normalized spacial score (nSPS) is 12.0. The van der Waals surface area contributed by atoms with E-state index in [2.05, 4.69) is 21.2 Å². The molecule has 0 aliphatic heterocycles. The lowest BCUT2D eigenvalue weighted by molar-refractivity contribution is -0.885. The van der Waals surface area contributed by atoms with Crippen molar-refractivity contribution in [2.75, 3.05) is 18.9 Å². The molecule has 0 fully saturated rings. The summed E-state index contributed by atoms with van der Waals surface area (Å²) in [4.78, 5) is 13.2. The minimum Gasteiger partial charge on any atom is -0.326 e.